The molecule has 0 saturated carbocycles. The molecule has 1 aromatic heterocycles. The lowest BCUT2D eigenvalue weighted by Gasteiger charge is -2.07. The first-order chi connectivity index (χ1) is 11.0. The summed E-state index contributed by atoms with van der Waals surface area (Å²) in [5.74, 6) is -1.37. The number of esters is 1. The number of anilines is 1. The number of nitrogens with two attached hydrogens (primary N) is 1. The number of benzene rings is 1. The van der Waals surface area contributed by atoms with E-state index in [2.05, 4.69) is 5.32 Å². The number of nitrogens with zero attached hydrogens (tertiary/aromatic N) is 1. The van der Waals surface area contributed by atoms with Crippen molar-refractivity contribution in [3.8, 4) is 0 Å². The van der Waals surface area contributed by atoms with E-state index in [9.17, 15) is 19.7 Å². The molecule has 1 heterocycles. The van der Waals surface area contributed by atoms with E-state index >= 15 is 0 Å². The number of nitrogens with one attached hydrogen (secondary N) is 1. The van der Waals surface area contributed by atoms with Gasteiger partial charge in [-0.1, -0.05) is 6.07 Å². The first kappa shape index (κ1) is 16.4. The van der Waals surface area contributed by atoms with Crippen molar-refractivity contribution < 1.29 is 19.2 Å². The minimum Gasteiger partial charge on any atom is -0.452 e. The van der Waals surface area contributed by atoms with Crippen LogP contribution in [0, 0.1) is 10.1 Å². The summed E-state index contributed by atoms with van der Waals surface area (Å²) >= 11 is 1.49. The second kappa shape index (κ2) is 7.36. The number of carbonyl (C=O) groups excluding carboxylic acids is 2. The van der Waals surface area contributed by atoms with Crippen LogP contribution in [-0.4, -0.2) is 23.4 Å². The van der Waals surface area contributed by atoms with Crippen molar-refractivity contribution in [1.82, 2.24) is 5.32 Å². The first-order valence-electron chi connectivity index (χ1n) is 6.47. The smallest absolute Gasteiger partial charge is 0.341 e. The molecule has 0 radical (unpaired) electrons. The normalized spacial score (nSPS) is 10.1. The van der Waals surface area contributed by atoms with Crippen LogP contribution in [0.4, 0.5) is 11.4 Å². The number of rotatable bonds is 6. The number of non-ortho nitro benzene ring substituents is 1. The standard InChI is InChI=1S/C14H13N3O5S/c15-12-4-3-9(17(20)21)6-11(12)14(19)22-8-13(18)16-7-10-2-1-5-23-10/h1-6H,7-8,15H2,(H,16,18). The second-order valence-electron chi connectivity index (χ2n) is 4.46. The van der Waals surface area contributed by atoms with Crippen molar-refractivity contribution in [3.05, 3.63) is 56.3 Å². The molecule has 0 aliphatic rings. The molecule has 0 bridgehead atoms. The third-order valence-electron chi connectivity index (χ3n) is 2.84. The zero-order valence-corrected chi connectivity index (χ0v) is 12.7. The van der Waals surface area contributed by atoms with E-state index in [1.165, 1.54) is 23.5 Å². The fraction of sp³-hybridized carbons (Fsp3) is 0.143. The highest BCUT2D eigenvalue weighted by atomic mass is 32.1. The van der Waals surface area contributed by atoms with Gasteiger partial charge in [-0.05, 0) is 17.5 Å². The number of hydrogen-bond donors (Lipinski definition) is 2. The topological polar surface area (TPSA) is 125 Å². The van der Waals surface area contributed by atoms with Gasteiger partial charge in [-0.15, -0.1) is 11.3 Å². The lowest BCUT2D eigenvalue weighted by Crippen LogP contribution is -2.28. The number of amides is 1. The van der Waals surface area contributed by atoms with E-state index in [0.717, 1.165) is 10.9 Å². The maximum Gasteiger partial charge on any atom is 0.341 e. The molecule has 0 saturated heterocycles. The van der Waals surface area contributed by atoms with Gasteiger partial charge in [0.15, 0.2) is 6.61 Å². The van der Waals surface area contributed by atoms with Crippen LogP contribution in [0.25, 0.3) is 0 Å². The summed E-state index contributed by atoms with van der Waals surface area (Å²) in [5.41, 5.74) is 5.21. The molecule has 2 aromatic rings. The number of nitro benzene ring substituents is 1. The molecule has 0 atom stereocenters. The molecule has 23 heavy (non-hydrogen) atoms. The zero-order chi connectivity index (χ0) is 16.8. The third kappa shape index (κ3) is 4.51. The van der Waals surface area contributed by atoms with Gasteiger partial charge in [-0.25, -0.2) is 4.79 Å². The van der Waals surface area contributed by atoms with E-state index in [-0.39, 0.29) is 16.9 Å². The van der Waals surface area contributed by atoms with Crippen LogP contribution in [0.5, 0.6) is 0 Å². The van der Waals surface area contributed by atoms with Gasteiger partial charge in [-0.3, -0.25) is 14.9 Å². The Morgan fingerprint density at radius 2 is 2.13 bits per heavy atom. The molecule has 0 aliphatic carbocycles. The van der Waals surface area contributed by atoms with Crippen molar-refractivity contribution in [3.63, 3.8) is 0 Å². The fourth-order valence-corrected chi connectivity index (χ4v) is 2.34. The minimum atomic E-state index is -0.891. The Labute approximate surface area is 135 Å². The molecule has 9 heteroatoms. The van der Waals surface area contributed by atoms with Gasteiger partial charge in [0.05, 0.1) is 17.0 Å². The first-order valence-corrected chi connectivity index (χ1v) is 7.35. The molecular weight excluding hydrogens is 322 g/mol. The number of carbonyl (C=O) groups is 2. The van der Waals surface area contributed by atoms with Crippen LogP contribution < -0.4 is 11.1 Å². The molecule has 3 N–H and O–H groups in total. The summed E-state index contributed by atoms with van der Waals surface area (Å²) in [7, 11) is 0. The molecule has 1 amide bonds. The molecule has 0 aliphatic heterocycles. The highest BCUT2D eigenvalue weighted by Crippen LogP contribution is 2.20. The summed E-state index contributed by atoms with van der Waals surface area (Å²) in [5, 5.41) is 15.2. The Kier molecular flexibility index (Phi) is 5.26. The summed E-state index contributed by atoms with van der Waals surface area (Å²) in [6, 6.07) is 7.16. The molecule has 0 fully saturated rings. The average molecular weight is 335 g/mol. The maximum absolute atomic E-state index is 11.9. The SMILES string of the molecule is Nc1ccc([N+](=O)[O-])cc1C(=O)OCC(=O)NCc1cccs1. The van der Waals surface area contributed by atoms with Crippen LogP contribution in [0.2, 0.25) is 0 Å². The Balaban J connectivity index is 1.90. The van der Waals surface area contributed by atoms with Crippen molar-refractivity contribution in [2.24, 2.45) is 0 Å². The number of hydrogen-bond acceptors (Lipinski definition) is 7. The quantitative estimate of drug-likeness (QED) is 0.358. The van der Waals surface area contributed by atoms with Gasteiger partial charge >= 0.3 is 5.97 Å². The molecule has 2 rings (SSSR count). The lowest BCUT2D eigenvalue weighted by molar-refractivity contribution is -0.384. The summed E-state index contributed by atoms with van der Waals surface area (Å²) in [4.78, 5) is 34.5. The average Bonchev–Trinajstić information content (AvgIpc) is 3.04. The Morgan fingerprint density at radius 3 is 2.78 bits per heavy atom. The predicted molar refractivity (Wildman–Crippen MR) is 84.0 cm³/mol. The van der Waals surface area contributed by atoms with E-state index in [1.54, 1.807) is 0 Å². The van der Waals surface area contributed by atoms with Gasteiger partial charge in [0, 0.05) is 22.7 Å². The maximum atomic E-state index is 11.9. The zero-order valence-electron chi connectivity index (χ0n) is 11.9. The van der Waals surface area contributed by atoms with Crippen molar-refractivity contribution in [2.45, 2.75) is 6.54 Å². The van der Waals surface area contributed by atoms with Crippen molar-refractivity contribution in [1.29, 1.82) is 0 Å². The molecule has 8 nitrogen and oxygen atoms in total. The number of ether oxygens (including phenoxy) is 1. The van der Waals surface area contributed by atoms with Crippen LogP contribution in [0.1, 0.15) is 15.2 Å². The molecular formula is C14H13N3O5S. The van der Waals surface area contributed by atoms with Gasteiger partial charge in [0.2, 0.25) is 0 Å². The van der Waals surface area contributed by atoms with E-state index in [0.29, 0.717) is 6.54 Å². The fourth-order valence-electron chi connectivity index (χ4n) is 1.69. The molecule has 0 spiro atoms. The number of nitrogen functional groups attached to an aromatic ring is 1. The molecule has 1 aromatic carbocycles. The monoisotopic (exact) mass is 335 g/mol. The van der Waals surface area contributed by atoms with Crippen LogP contribution >= 0.6 is 11.3 Å². The van der Waals surface area contributed by atoms with Gasteiger partial charge in [0.25, 0.3) is 11.6 Å². The summed E-state index contributed by atoms with van der Waals surface area (Å²) in [6.07, 6.45) is 0. The highest BCUT2D eigenvalue weighted by molar-refractivity contribution is 7.09. The minimum absolute atomic E-state index is 0.0413. The summed E-state index contributed by atoms with van der Waals surface area (Å²) in [6.45, 7) is -0.153. The highest BCUT2D eigenvalue weighted by Gasteiger charge is 2.17. The lowest BCUT2D eigenvalue weighted by atomic mass is 10.1. The second-order valence-corrected chi connectivity index (χ2v) is 5.49. The van der Waals surface area contributed by atoms with E-state index in [1.807, 2.05) is 17.5 Å². The van der Waals surface area contributed by atoms with Gasteiger partial charge in [0.1, 0.15) is 0 Å². The van der Waals surface area contributed by atoms with Crippen molar-refractivity contribution >= 4 is 34.6 Å². The van der Waals surface area contributed by atoms with Gasteiger partial charge in [-0.2, -0.15) is 0 Å². The summed E-state index contributed by atoms with van der Waals surface area (Å²) < 4.78 is 4.83. The van der Waals surface area contributed by atoms with Crippen molar-refractivity contribution in [2.75, 3.05) is 12.3 Å². The Hall–Kier alpha value is -2.94. The number of thiophene rings is 1. The van der Waals surface area contributed by atoms with Crippen LogP contribution in [-0.2, 0) is 16.1 Å². The molecule has 120 valence electrons. The van der Waals surface area contributed by atoms with E-state index in [4.69, 9.17) is 10.5 Å². The van der Waals surface area contributed by atoms with E-state index < -0.39 is 23.4 Å². The van der Waals surface area contributed by atoms with Gasteiger partial charge < -0.3 is 15.8 Å². The number of nitro groups is 1. The Morgan fingerprint density at radius 1 is 1.35 bits per heavy atom. The Bertz CT molecular complexity index is 730. The molecule has 0 unspecified atom stereocenters. The van der Waals surface area contributed by atoms with Crippen LogP contribution in [0.15, 0.2) is 35.7 Å². The third-order valence-corrected chi connectivity index (χ3v) is 3.72. The largest absolute Gasteiger partial charge is 0.452 e. The predicted octanol–water partition coefficient (Wildman–Crippen LogP) is 1.71. The van der Waals surface area contributed by atoms with Crippen LogP contribution in [0.3, 0.4) is 0 Å².